The first kappa shape index (κ1) is 7.69. The quantitative estimate of drug-likeness (QED) is 0.673. The average Bonchev–Trinajstić information content (AvgIpc) is 2.10. The second-order valence-corrected chi connectivity index (χ2v) is 3.87. The zero-order valence-electron chi connectivity index (χ0n) is 6.51. The van der Waals surface area contributed by atoms with E-state index in [0.29, 0.717) is 0 Å². The maximum atomic E-state index is 5.67. The number of aryl methyl sites for hydroxylation is 2. The highest BCUT2D eigenvalue weighted by Gasteiger charge is 2.07. The van der Waals surface area contributed by atoms with Crippen LogP contribution in [-0.4, -0.2) is 4.98 Å². The standard InChI is InChI=1S/C7H12N2S/c1-4(8)7-5(2)10-6(3)9-7/h4H,8H2,1-3H3/t4-/m0/s1. The highest BCUT2D eigenvalue weighted by Crippen LogP contribution is 2.20. The highest BCUT2D eigenvalue weighted by molar-refractivity contribution is 7.11. The van der Waals surface area contributed by atoms with Crippen molar-refractivity contribution in [3.63, 3.8) is 0 Å². The Morgan fingerprint density at radius 2 is 2.10 bits per heavy atom. The topological polar surface area (TPSA) is 38.9 Å². The van der Waals surface area contributed by atoms with E-state index in [9.17, 15) is 0 Å². The van der Waals surface area contributed by atoms with Gasteiger partial charge >= 0.3 is 0 Å². The Balaban J connectivity index is 3.03. The van der Waals surface area contributed by atoms with Gasteiger partial charge in [-0.25, -0.2) is 4.98 Å². The van der Waals surface area contributed by atoms with Crippen LogP contribution in [0.4, 0.5) is 0 Å². The molecule has 1 heterocycles. The number of nitrogens with two attached hydrogens (primary N) is 1. The lowest BCUT2D eigenvalue weighted by Gasteiger charge is -1.99. The van der Waals surface area contributed by atoms with Gasteiger partial charge in [0.1, 0.15) is 0 Å². The van der Waals surface area contributed by atoms with Crippen LogP contribution in [0.1, 0.15) is 28.5 Å². The van der Waals surface area contributed by atoms with Crippen molar-refractivity contribution in [1.82, 2.24) is 4.98 Å². The van der Waals surface area contributed by atoms with Crippen LogP contribution in [0.2, 0.25) is 0 Å². The molecule has 0 aliphatic heterocycles. The molecular formula is C7H12N2S. The summed E-state index contributed by atoms with van der Waals surface area (Å²) in [4.78, 5) is 5.55. The van der Waals surface area contributed by atoms with Crippen molar-refractivity contribution >= 4 is 11.3 Å². The van der Waals surface area contributed by atoms with Crippen LogP contribution >= 0.6 is 11.3 Å². The first-order valence-corrected chi connectivity index (χ1v) is 4.12. The van der Waals surface area contributed by atoms with Gasteiger partial charge in [-0.2, -0.15) is 0 Å². The maximum absolute atomic E-state index is 5.67. The summed E-state index contributed by atoms with van der Waals surface area (Å²) in [7, 11) is 0. The molecule has 1 atom stereocenters. The molecule has 56 valence electrons. The molecule has 0 bridgehead atoms. The zero-order valence-corrected chi connectivity index (χ0v) is 7.33. The third-order valence-corrected chi connectivity index (χ3v) is 2.27. The van der Waals surface area contributed by atoms with Crippen LogP contribution in [-0.2, 0) is 0 Å². The largest absolute Gasteiger partial charge is 0.323 e. The molecule has 10 heavy (non-hydrogen) atoms. The van der Waals surface area contributed by atoms with E-state index >= 15 is 0 Å². The smallest absolute Gasteiger partial charge is 0.0900 e. The zero-order chi connectivity index (χ0) is 7.72. The predicted octanol–water partition coefficient (Wildman–Crippen LogP) is 1.78. The van der Waals surface area contributed by atoms with E-state index in [0.717, 1.165) is 10.7 Å². The van der Waals surface area contributed by atoms with Gasteiger partial charge in [0.15, 0.2) is 0 Å². The molecule has 3 heteroatoms. The molecule has 2 N–H and O–H groups in total. The molecule has 1 aromatic rings. The average molecular weight is 156 g/mol. The van der Waals surface area contributed by atoms with Gasteiger partial charge in [0.2, 0.25) is 0 Å². The fourth-order valence-corrected chi connectivity index (χ4v) is 1.89. The molecule has 1 aromatic heterocycles. The van der Waals surface area contributed by atoms with Crippen LogP contribution < -0.4 is 5.73 Å². The molecule has 0 saturated heterocycles. The van der Waals surface area contributed by atoms with Gasteiger partial charge < -0.3 is 5.73 Å². The van der Waals surface area contributed by atoms with Crippen LogP contribution in [0.3, 0.4) is 0 Å². The van der Waals surface area contributed by atoms with Crippen molar-refractivity contribution in [2.24, 2.45) is 5.73 Å². The van der Waals surface area contributed by atoms with E-state index < -0.39 is 0 Å². The SMILES string of the molecule is Cc1nc([C@H](C)N)c(C)s1. The number of rotatable bonds is 1. The molecule has 0 radical (unpaired) electrons. The van der Waals surface area contributed by atoms with E-state index in [1.54, 1.807) is 11.3 Å². The number of nitrogens with zero attached hydrogens (tertiary/aromatic N) is 1. The van der Waals surface area contributed by atoms with E-state index in [2.05, 4.69) is 11.9 Å². The molecule has 2 nitrogen and oxygen atoms in total. The Kier molecular flexibility index (Phi) is 2.06. The Hall–Kier alpha value is -0.410. The van der Waals surface area contributed by atoms with Crippen molar-refractivity contribution in [1.29, 1.82) is 0 Å². The number of thiazole rings is 1. The summed E-state index contributed by atoms with van der Waals surface area (Å²) in [6, 6.07) is 0.0740. The lowest BCUT2D eigenvalue weighted by atomic mass is 10.2. The van der Waals surface area contributed by atoms with Crippen molar-refractivity contribution in [2.45, 2.75) is 26.8 Å². The summed E-state index contributed by atoms with van der Waals surface area (Å²) in [5.41, 5.74) is 6.72. The molecule has 0 spiro atoms. The highest BCUT2D eigenvalue weighted by atomic mass is 32.1. The summed E-state index contributed by atoms with van der Waals surface area (Å²) >= 11 is 1.71. The molecule has 0 amide bonds. The number of aromatic nitrogens is 1. The lowest BCUT2D eigenvalue weighted by Crippen LogP contribution is -2.06. The Morgan fingerprint density at radius 3 is 2.30 bits per heavy atom. The van der Waals surface area contributed by atoms with Crippen molar-refractivity contribution < 1.29 is 0 Å². The second-order valence-electron chi connectivity index (χ2n) is 2.46. The molecule has 0 unspecified atom stereocenters. The summed E-state index contributed by atoms with van der Waals surface area (Å²) < 4.78 is 0. The van der Waals surface area contributed by atoms with Crippen molar-refractivity contribution in [3.8, 4) is 0 Å². The van der Waals surface area contributed by atoms with Gasteiger partial charge in [-0.3, -0.25) is 0 Å². The van der Waals surface area contributed by atoms with Crippen molar-refractivity contribution in [3.05, 3.63) is 15.6 Å². The Labute approximate surface area is 65.1 Å². The summed E-state index contributed by atoms with van der Waals surface area (Å²) in [6.45, 7) is 6.02. The van der Waals surface area contributed by atoms with E-state index in [-0.39, 0.29) is 6.04 Å². The van der Waals surface area contributed by atoms with Gasteiger partial charge in [0, 0.05) is 10.9 Å². The molecule has 0 fully saturated rings. The van der Waals surface area contributed by atoms with Gasteiger partial charge in [-0.15, -0.1) is 11.3 Å². The molecule has 0 aliphatic carbocycles. The Bertz CT molecular complexity index is 228. The minimum atomic E-state index is 0.0740. The third kappa shape index (κ3) is 1.36. The summed E-state index contributed by atoms with van der Waals surface area (Å²) in [5, 5.41) is 1.10. The fourth-order valence-electron chi connectivity index (χ4n) is 0.967. The minimum absolute atomic E-state index is 0.0740. The maximum Gasteiger partial charge on any atom is 0.0900 e. The van der Waals surface area contributed by atoms with Crippen LogP contribution in [0.25, 0.3) is 0 Å². The van der Waals surface area contributed by atoms with Crippen LogP contribution in [0, 0.1) is 13.8 Å². The first-order valence-electron chi connectivity index (χ1n) is 3.30. The third-order valence-electron chi connectivity index (χ3n) is 1.37. The van der Waals surface area contributed by atoms with Crippen LogP contribution in [0.5, 0.6) is 0 Å². The monoisotopic (exact) mass is 156 g/mol. The van der Waals surface area contributed by atoms with Gasteiger partial charge in [0.05, 0.1) is 10.7 Å². The number of hydrogen-bond acceptors (Lipinski definition) is 3. The summed E-state index contributed by atoms with van der Waals surface area (Å²) in [6.07, 6.45) is 0. The first-order chi connectivity index (χ1) is 4.61. The second kappa shape index (κ2) is 2.68. The predicted molar refractivity (Wildman–Crippen MR) is 44.2 cm³/mol. The van der Waals surface area contributed by atoms with Crippen molar-refractivity contribution in [2.75, 3.05) is 0 Å². The van der Waals surface area contributed by atoms with Gasteiger partial charge in [-0.1, -0.05) is 0 Å². The normalized spacial score (nSPS) is 13.6. The Morgan fingerprint density at radius 1 is 1.50 bits per heavy atom. The lowest BCUT2D eigenvalue weighted by molar-refractivity contribution is 0.779. The van der Waals surface area contributed by atoms with E-state index in [1.807, 2.05) is 13.8 Å². The molecular weight excluding hydrogens is 144 g/mol. The van der Waals surface area contributed by atoms with E-state index in [1.165, 1.54) is 4.88 Å². The molecule has 0 aromatic carbocycles. The number of hydrogen-bond donors (Lipinski definition) is 1. The molecule has 0 aliphatic rings. The minimum Gasteiger partial charge on any atom is -0.323 e. The molecule has 1 rings (SSSR count). The summed E-state index contributed by atoms with van der Waals surface area (Å²) in [5.74, 6) is 0. The van der Waals surface area contributed by atoms with E-state index in [4.69, 9.17) is 5.73 Å². The fraction of sp³-hybridized carbons (Fsp3) is 0.571. The molecule has 0 saturated carbocycles. The van der Waals surface area contributed by atoms with Gasteiger partial charge in [-0.05, 0) is 20.8 Å². The van der Waals surface area contributed by atoms with Crippen LogP contribution in [0.15, 0.2) is 0 Å². The van der Waals surface area contributed by atoms with Gasteiger partial charge in [0.25, 0.3) is 0 Å².